The third-order valence-corrected chi connectivity index (χ3v) is 3.81. The van der Waals surface area contributed by atoms with E-state index < -0.39 is 12.1 Å². The van der Waals surface area contributed by atoms with Crippen LogP contribution in [0.5, 0.6) is 0 Å². The van der Waals surface area contributed by atoms with E-state index in [9.17, 15) is 14.7 Å². The average Bonchev–Trinajstić information content (AvgIpc) is 2.72. The Morgan fingerprint density at radius 3 is 2.83 bits per heavy atom. The van der Waals surface area contributed by atoms with Crippen LogP contribution in [0.2, 0.25) is 0 Å². The maximum absolute atomic E-state index is 12.3. The fraction of sp³-hybridized carbons (Fsp3) is 0.529. The summed E-state index contributed by atoms with van der Waals surface area (Å²) in [6.07, 6.45) is 1.97. The van der Waals surface area contributed by atoms with Crippen LogP contribution in [0.4, 0.5) is 5.69 Å². The first-order valence-electron chi connectivity index (χ1n) is 8.11. The molecule has 1 aromatic carbocycles. The van der Waals surface area contributed by atoms with Crippen LogP contribution in [-0.4, -0.2) is 48.7 Å². The lowest BCUT2D eigenvalue weighted by Crippen LogP contribution is -2.49. The molecule has 1 saturated heterocycles. The molecule has 0 bridgehead atoms. The molecule has 1 aliphatic rings. The number of carbonyl (C=O) groups excluding carboxylic acids is 2. The minimum atomic E-state index is -0.552. The SMILES string of the molecule is C[C@@H](O)CN(CC(=O)N[C@@H]1CCCCNC1=O)c1ccccc1. The lowest BCUT2D eigenvalue weighted by molar-refractivity contribution is -0.128. The third kappa shape index (κ3) is 5.56. The van der Waals surface area contributed by atoms with Crippen molar-refractivity contribution in [3.05, 3.63) is 30.3 Å². The third-order valence-electron chi connectivity index (χ3n) is 3.81. The second-order valence-corrected chi connectivity index (χ2v) is 5.97. The van der Waals surface area contributed by atoms with E-state index in [1.807, 2.05) is 35.2 Å². The van der Waals surface area contributed by atoms with E-state index >= 15 is 0 Å². The van der Waals surface area contributed by atoms with Gasteiger partial charge in [-0.1, -0.05) is 18.2 Å². The van der Waals surface area contributed by atoms with Crippen LogP contribution in [0.25, 0.3) is 0 Å². The summed E-state index contributed by atoms with van der Waals surface area (Å²) >= 11 is 0. The Balaban J connectivity index is 1.98. The number of amides is 2. The van der Waals surface area contributed by atoms with Crippen molar-refractivity contribution >= 4 is 17.5 Å². The molecule has 1 heterocycles. The van der Waals surface area contributed by atoms with Gasteiger partial charge in [0.05, 0.1) is 12.6 Å². The number of hydrogen-bond acceptors (Lipinski definition) is 4. The van der Waals surface area contributed by atoms with Gasteiger partial charge in [-0.25, -0.2) is 0 Å². The molecule has 2 rings (SSSR count). The number of aliphatic hydroxyl groups is 1. The molecule has 1 aromatic rings. The van der Waals surface area contributed by atoms with Gasteiger partial charge in [-0.05, 0) is 38.3 Å². The van der Waals surface area contributed by atoms with Crippen LogP contribution in [0, 0.1) is 0 Å². The zero-order valence-electron chi connectivity index (χ0n) is 13.5. The Morgan fingerprint density at radius 2 is 2.13 bits per heavy atom. The van der Waals surface area contributed by atoms with Gasteiger partial charge in [0.2, 0.25) is 11.8 Å². The lowest BCUT2D eigenvalue weighted by atomic mass is 10.1. The number of anilines is 1. The zero-order chi connectivity index (χ0) is 16.7. The minimum Gasteiger partial charge on any atom is -0.392 e. The molecule has 0 unspecified atom stereocenters. The summed E-state index contributed by atoms with van der Waals surface area (Å²) in [6.45, 7) is 2.82. The molecular formula is C17H25N3O3. The van der Waals surface area contributed by atoms with Crippen molar-refractivity contribution in [3.8, 4) is 0 Å². The molecule has 0 radical (unpaired) electrons. The highest BCUT2D eigenvalue weighted by Gasteiger charge is 2.23. The largest absolute Gasteiger partial charge is 0.392 e. The fourth-order valence-corrected chi connectivity index (χ4v) is 2.71. The van der Waals surface area contributed by atoms with Gasteiger partial charge in [0.1, 0.15) is 6.04 Å². The summed E-state index contributed by atoms with van der Waals surface area (Å²) in [4.78, 5) is 26.0. The summed E-state index contributed by atoms with van der Waals surface area (Å²) in [7, 11) is 0. The van der Waals surface area contributed by atoms with E-state index in [1.54, 1.807) is 6.92 Å². The number of benzene rings is 1. The molecule has 0 aromatic heterocycles. The molecule has 126 valence electrons. The minimum absolute atomic E-state index is 0.110. The summed E-state index contributed by atoms with van der Waals surface area (Å²) in [5, 5.41) is 15.3. The second-order valence-electron chi connectivity index (χ2n) is 5.97. The standard InChI is InChI=1S/C17H25N3O3/c1-13(21)11-20(14-7-3-2-4-8-14)12-16(22)19-15-9-5-6-10-18-17(15)23/h2-4,7-8,13,15,21H,5-6,9-12H2,1H3,(H,18,23)(H,19,22)/t13-,15-/m1/s1. The van der Waals surface area contributed by atoms with Crippen LogP contribution < -0.4 is 15.5 Å². The van der Waals surface area contributed by atoms with Crippen LogP contribution in [-0.2, 0) is 9.59 Å². The molecule has 3 N–H and O–H groups in total. The van der Waals surface area contributed by atoms with E-state index in [4.69, 9.17) is 0 Å². The van der Waals surface area contributed by atoms with Gasteiger partial charge < -0.3 is 20.6 Å². The monoisotopic (exact) mass is 319 g/mol. The number of nitrogens with one attached hydrogen (secondary N) is 2. The number of para-hydroxylation sites is 1. The second kappa shape index (κ2) is 8.53. The molecule has 1 aliphatic heterocycles. The Kier molecular flexibility index (Phi) is 6.40. The first kappa shape index (κ1) is 17.3. The quantitative estimate of drug-likeness (QED) is 0.719. The van der Waals surface area contributed by atoms with Crippen LogP contribution in [0.3, 0.4) is 0 Å². The molecule has 0 saturated carbocycles. The average molecular weight is 319 g/mol. The maximum Gasteiger partial charge on any atom is 0.242 e. The van der Waals surface area contributed by atoms with Gasteiger partial charge in [0.25, 0.3) is 0 Å². The van der Waals surface area contributed by atoms with E-state index in [2.05, 4.69) is 10.6 Å². The molecule has 0 aliphatic carbocycles. The van der Waals surface area contributed by atoms with Gasteiger partial charge in [-0.2, -0.15) is 0 Å². The number of rotatable bonds is 6. The Labute approximate surface area is 136 Å². The van der Waals surface area contributed by atoms with Crippen LogP contribution in [0.1, 0.15) is 26.2 Å². The lowest BCUT2D eigenvalue weighted by Gasteiger charge is -2.26. The predicted octanol–water partition coefficient (Wildman–Crippen LogP) is 0.659. The van der Waals surface area contributed by atoms with E-state index in [0.717, 1.165) is 18.5 Å². The summed E-state index contributed by atoms with van der Waals surface area (Å²) in [5.74, 6) is -0.325. The topological polar surface area (TPSA) is 81.7 Å². The van der Waals surface area contributed by atoms with Gasteiger partial charge in [0.15, 0.2) is 0 Å². The molecule has 2 amide bonds. The number of nitrogens with zero attached hydrogens (tertiary/aromatic N) is 1. The van der Waals surface area contributed by atoms with Crippen LogP contribution in [0.15, 0.2) is 30.3 Å². The van der Waals surface area contributed by atoms with Crippen molar-refractivity contribution in [1.29, 1.82) is 0 Å². The van der Waals surface area contributed by atoms with E-state index in [1.165, 1.54) is 0 Å². The summed E-state index contributed by atoms with van der Waals surface area (Å²) in [5.41, 5.74) is 0.869. The molecule has 23 heavy (non-hydrogen) atoms. The Morgan fingerprint density at radius 1 is 1.39 bits per heavy atom. The fourth-order valence-electron chi connectivity index (χ4n) is 2.71. The Bertz CT molecular complexity index is 519. The van der Waals surface area contributed by atoms with Gasteiger partial charge in [0, 0.05) is 18.8 Å². The molecule has 0 spiro atoms. The van der Waals surface area contributed by atoms with E-state index in [-0.39, 0.29) is 18.4 Å². The first-order valence-corrected chi connectivity index (χ1v) is 8.11. The predicted molar refractivity (Wildman–Crippen MR) is 89.1 cm³/mol. The highest BCUT2D eigenvalue weighted by atomic mass is 16.3. The molecule has 6 heteroatoms. The Hall–Kier alpha value is -2.08. The summed E-state index contributed by atoms with van der Waals surface area (Å²) in [6, 6.07) is 9.01. The highest BCUT2D eigenvalue weighted by Crippen LogP contribution is 2.13. The maximum atomic E-state index is 12.3. The number of carbonyl (C=O) groups is 2. The zero-order valence-corrected chi connectivity index (χ0v) is 13.5. The smallest absolute Gasteiger partial charge is 0.242 e. The van der Waals surface area contributed by atoms with Crippen LogP contribution >= 0.6 is 0 Å². The molecule has 1 fully saturated rings. The number of aliphatic hydroxyl groups excluding tert-OH is 1. The first-order chi connectivity index (χ1) is 11.1. The molecule has 2 atom stereocenters. The highest BCUT2D eigenvalue weighted by molar-refractivity contribution is 5.89. The van der Waals surface area contributed by atoms with Crippen molar-refractivity contribution in [2.75, 3.05) is 24.5 Å². The van der Waals surface area contributed by atoms with Gasteiger partial charge in [-0.15, -0.1) is 0 Å². The molecular weight excluding hydrogens is 294 g/mol. The summed E-state index contributed by atoms with van der Waals surface area (Å²) < 4.78 is 0. The van der Waals surface area contributed by atoms with E-state index in [0.29, 0.717) is 19.5 Å². The number of hydrogen-bond donors (Lipinski definition) is 3. The van der Waals surface area contributed by atoms with Gasteiger partial charge in [-0.3, -0.25) is 9.59 Å². The van der Waals surface area contributed by atoms with Crippen molar-refractivity contribution in [1.82, 2.24) is 10.6 Å². The van der Waals surface area contributed by atoms with Crippen molar-refractivity contribution in [2.24, 2.45) is 0 Å². The van der Waals surface area contributed by atoms with Crippen molar-refractivity contribution in [2.45, 2.75) is 38.3 Å². The van der Waals surface area contributed by atoms with Crippen molar-refractivity contribution in [3.63, 3.8) is 0 Å². The van der Waals surface area contributed by atoms with Gasteiger partial charge >= 0.3 is 0 Å². The normalized spacial score (nSPS) is 19.4. The van der Waals surface area contributed by atoms with Crippen molar-refractivity contribution < 1.29 is 14.7 Å². The molecule has 6 nitrogen and oxygen atoms in total.